The molecule has 2 saturated heterocycles. The summed E-state index contributed by atoms with van der Waals surface area (Å²) in [6.45, 7) is 7.57. The second-order valence-corrected chi connectivity index (χ2v) is 8.26. The number of oxazole rings is 1. The van der Waals surface area contributed by atoms with Crippen LogP contribution in [0, 0.1) is 12.8 Å². The zero-order valence-electron chi connectivity index (χ0n) is 17.3. The van der Waals surface area contributed by atoms with Gasteiger partial charge in [-0.05, 0) is 31.9 Å². The first-order chi connectivity index (χ1) is 14.7. The molecule has 0 atom stereocenters. The lowest BCUT2D eigenvalue weighted by molar-refractivity contribution is -0.138. The van der Waals surface area contributed by atoms with Crippen LogP contribution in [-0.4, -0.2) is 65.1 Å². The Morgan fingerprint density at radius 2 is 1.87 bits per heavy atom. The Labute approximate surface area is 175 Å². The highest BCUT2D eigenvalue weighted by Crippen LogP contribution is 2.27. The molecule has 158 valence electrons. The van der Waals surface area contributed by atoms with Gasteiger partial charge in [0.1, 0.15) is 5.52 Å². The molecule has 5 rings (SSSR count). The standard InChI is InChI=1S/C22H27N5O3/c1-16-14-18(30-24-16)15-25-10-12-26(13-11-25)21(28)17-6-8-27(9-7-17)22-23-19-4-2-3-5-20(19)29-22/h2-5,14,17H,6-13,15H2,1H3. The van der Waals surface area contributed by atoms with Crippen LogP contribution < -0.4 is 4.90 Å². The smallest absolute Gasteiger partial charge is 0.298 e. The molecule has 3 aromatic rings. The Balaban J connectivity index is 1.12. The summed E-state index contributed by atoms with van der Waals surface area (Å²) in [4.78, 5) is 24.1. The van der Waals surface area contributed by atoms with Gasteiger partial charge in [0, 0.05) is 51.3 Å². The van der Waals surface area contributed by atoms with Crippen molar-refractivity contribution in [3.63, 3.8) is 0 Å². The third kappa shape index (κ3) is 3.92. The molecule has 8 heteroatoms. The number of carbonyl (C=O) groups is 1. The number of benzene rings is 1. The van der Waals surface area contributed by atoms with Crippen molar-refractivity contribution in [2.45, 2.75) is 26.3 Å². The van der Waals surface area contributed by atoms with Crippen molar-refractivity contribution in [1.29, 1.82) is 0 Å². The van der Waals surface area contributed by atoms with E-state index >= 15 is 0 Å². The van der Waals surface area contributed by atoms with Crippen LogP contribution in [-0.2, 0) is 11.3 Å². The number of nitrogens with zero attached hydrogens (tertiary/aromatic N) is 5. The number of anilines is 1. The number of para-hydroxylation sites is 2. The lowest BCUT2D eigenvalue weighted by Gasteiger charge is -2.38. The van der Waals surface area contributed by atoms with Crippen molar-refractivity contribution in [2.24, 2.45) is 5.92 Å². The maximum atomic E-state index is 13.0. The highest BCUT2D eigenvalue weighted by Gasteiger charge is 2.31. The Hall–Kier alpha value is -2.87. The first kappa shape index (κ1) is 19.1. The molecule has 0 spiro atoms. The van der Waals surface area contributed by atoms with Gasteiger partial charge in [0.05, 0.1) is 12.2 Å². The van der Waals surface area contributed by atoms with E-state index in [2.05, 4.69) is 19.9 Å². The second kappa shape index (κ2) is 8.10. The summed E-state index contributed by atoms with van der Waals surface area (Å²) in [7, 11) is 0. The van der Waals surface area contributed by atoms with Crippen molar-refractivity contribution in [3.8, 4) is 0 Å². The Bertz CT molecular complexity index is 980. The molecule has 0 saturated carbocycles. The minimum absolute atomic E-state index is 0.0918. The second-order valence-electron chi connectivity index (χ2n) is 8.26. The highest BCUT2D eigenvalue weighted by atomic mass is 16.5. The lowest BCUT2D eigenvalue weighted by atomic mass is 9.95. The summed E-state index contributed by atoms with van der Waals surface area (Å²) in [6.07, 6.45) is 1.68. The normalized spacial score (nSPS) is 19.0. The summed E-state index contributed by atoms with van der Waals surface area (Å²) in [5.41, 5.74) is 2.59. The zero-order chi connectivity index (χ0) is 20.5. The van der Waals surface area contributed by atoms with Crippen LogP contribution in [0.25, 0.3) is 11.1 Å². The molecule has 2 aliphatic rings. The van der Waals surface area contributed by atoms with E-state index in [0.717, 1.165) is 81.2 Å². The molecule has 0 unspecified atom stereocenters. The quantitative estimate of drug-likeness (QED) is 0.655. The number of hydrogen-bond acceptors (Lipinski definition) is 7. The largest absolute Gasteiger partial charge is 0.423 e. The first-order valence-electron chi connectivity index (χ1n) is 10.7. The molecule has 2 aromatic heterocycles. The molecular weight excluding hydrogens is 382 g/mol. The van der Waals surface area contributed by atoms with Crippen molar-refractivity contribution in [1.82, 2.24) is 19.9 Å². The third-order valence-electron chi connectivity index (χ3n) is 6.14. The van der Waals surface area contributed by atoms with Crippen LogP contribution in [0.1, 0.15) is 24.3 Å². The fourth-order valence-corrected chi connectivity index (χ4v) is 4.41. The SMILES string of the molecule is Cc1cc(CN2CCN(C(=O)C3CCN(c4nc5ccccc5o4)CC3)CC2)on1. The molecule has 1 aromatic carbocycles. The number of hydrogen-bond donors (Lipinski definition) is 0. The van der Waals surface area contributed by atoms with E-state index in [-0.39, 0.29) is 5.92 Å². The summed E-state index contributed by atoms with van der Waals surface area (Å²) in [6, 6.07) is 10.5. The summed E-state index contributed by atoms with van der Waals surface area (Å²) >= 11 is 0. The van der Waals surface area contributed by atoms with Crippen LogP contribution in [0.3, 0.4) is 0 Å². The van der Waals surface area contributed by atoms with Crippen molar-refractivity contribution < 1.29 is 13.7 Å². The van der Waals surface area contributed by atoms with Gasteiger partial charge < -0.3 is 18.7 Å². The fourth-order valence-electron chi connectivity index (χ4n) is 4.41. The first-order valence-corrected chi connectivity index (χ1v) is 10.7. The minimum atomic E-state index is 0.0918. The average molecular weight is 409 g/mol. The number of carbonyl (C=O) groups excluding carboxylic acids is 1. The molecule has 4 heterocycles. The number of amides is 1. The van der Waals surface area contributed by atoms with Gasteiger partial charge in [-0.25, -0.2) is 0 Å². The fraction of sp³-hybridized carbons (Fsp3) is 0.500. The molecule has 0 radical (unpaired) electrons. The number of rotatable bonds is 4. The summed E-state index contributed by atoms with van der Waals surface area (Å²) in [5.74, 6) is 1.27. The summed E-state index contributed by atoms with van der Waals surface area (Å²) < 4.78 is 11.2. The van der Waals surface area contributed by atoms with Crippen LogP contribution in [0.5, 0.6) is 0 Å². The molecule has 0 aliphatic carbocycles. The van der Waals surface area contributed by atoms with Gasteiger partial charge in [-0.1, -0.05) is 17.3 Å². The molecule has 1 amide bonds. The Morgan fingerprint density at radius 3 is 2.57 bits per heavy atom. The highest BCUT2D eigenvalue weighted by molar-refractivity contribution is 5.79. The van der Waals surface area contributed by atoms with E-state index in [4.69, 9.17) is 8.94 Å². The van der Waals surface area contributed by atoms with Crippen LogP contribution in [0.4, 0.5) is 6.01 Å². The van der Waals surface area contributed by atoms with E-state index in [1.54, 1.807) is 0 Å². The van der Waals surface area contributed by atoms with Gasteiger partial charge in [0.25, 0.3) is 6.01 Å². The minimum Gasteiger partial charge on any atom is -0.423 e. The average Bonchev–Trinajstić information content (AvgIpc) is 3.40. The monoisotopic (exact) mass is 409 g/mol. The maximum absolute atomic E-state index is 13.0. The van der Waals surface area contributed by atoms with E-state index in [9.17, 15) is 4.79 Å². The number of fused-ring (bicyclic) bond motifs is 1. The van der Waals surface area contributed by atoms with Crippen LogP contribution >= 0.6 is 0 Å². The lowest BCUT2D eigenvalue weighted by Crippen LogP contribution is -2.51. The number of piperidine rings is 1. The topological polar surface area (TPSA) is 78.9 Å². The van der Waals surface area contributed by atoms with E-state index in [0.29, 0.717) is 11.9 Å². The van der Waals surface area contributed by atoms with E-state index in [1.165, 1.54) is 0 Å². The molecule has 30 heavy (non-hydrogen) atoms. The van der Waals surface area contributed by atoms with E-state index in [1.807, 2.05) is 42.2 Å². The van der Waals surface area contributed by atoms with Gasteiger partial charge in [0.2, 0.25) is 5.91 Å². The van der Waals surface area contributed by atoms with E-state index < -0.39 is 0 Å². The van der Waals surface area contributed by atoms with Crippen LogP contribution in [0.15, 0.2) is 39.3 Å². The predicted molar refractivity (Wildman–Crippen MR) is 112 cm³/mol. The molecule has 8 nitrogen and oxygen atoms in total. The molecule has 2 aliphatic heterocycles. The van der Waals surface area contributed by atoms with Crippen molar-refractivity contribution in [3.05, 3.63) is 41.8 Å². The van der Waals surface area contributed by atoms with Gasteiger partial charge in [-0.15, -0.1) is 0 Å². The molecule has 0 N–H and O–H groups in total. The third-order valence-corrected chi connectivity index (χ3v) is 6.14. The number of aryl methyl sites for hydroxylation is 1. The molecular formula is C22H27N5O3. The predicted octanol–water partition coefficient (Wildman–Crippen LogP) is 2.69. The Morgan fingerprint density at radius 1 is 1.10 bits per heavy atom. The van der Waals surface area contributed by atoms with Crippen molar-refractivity contribution in [2.75, 3.05) is 44.2 Å². The van der Waals surface area contributed by atoms with Gasteiger partial charge in [0.15, 0.2) is 11.3 Å². The number of aromatic nitrogens is 2. The Kier molecular flexibility index (Phi) is 5.16. The zero-order valence-corrected chi connectivity index (χ0v) is 17.3. The summed E-state index contributed by atoms with van der Waals surface area (Å²) in [5, 5.41) is 3.95. The van der Waals surface area contributed by atoms with Gasteiger partial charge in [-0.2, -0.15) is 4.98 Å². The van der Waals surface area contributed by atoms with Gasteiger partial charge in [-0.3, -0.25) is 9.69 Å². The van der Waals surface area contributed by atoms with Gasteiger partial charge >= 0.3 is 0 Å². The number of piperazine rings is 1. The molecule has 0 bridgehead atoms. The molecule has 2 fully saturated rings. The van der Waals surface area contributed by atoms with Crippen molar-refractivity contribution >= 4 is 23.0 Å². The van der Waals surface area contributed by atoms with Crippen LogP contribution in [0.2, 0.25) is 0 Å². The maximum Gasteiger partial charge on any atom is 0.298 e.